The number of pyridine rings is 1. The van der Waals surface area contributed by atoms with Gasteiger partial charge in [0.05, 0.1) is 11.7 Å². The van der Waals surface area contributed by atoms with Crippen LogP contribution in [0, 0.1) is 19.8 Å². The molecule has 2 aliphatic rings. The van der Waals surface area contributed by atoms with Crippen LogP contribution < -0.4 is 5.32 Å². The SMILES string of the molecule is Cc1nc2cc([C@@H]3CCCN3C(=O)C3CC3)nn2c(C)c1CCC(=O)NCc1cccnc1. The van der Waals surface area contributed by atoms with Crippen LogP contribution in [0.2, 0.25) is 0 Å². The van der Waals surface area contributed by atoms with E-state index in [0.717, 1.165) is 66.1 Å². The van der Waals surface area contributed by atoms with Crippen LogP contribution >= 0.6 is 0 Å². The van der Waals surface area contributed by atoms with Crippen LogP contribution in [0.3, 0.4) is 0 Å². The fourth-order valence-corrected chi connectivity index (χ4v) is 4.80. The van der Waals surface area contributed by atoms with Gasteiger partial charge in [0.15, 0.2) is 5.65 Å². The summed E-state index contributed by atoms with van der Waals surface area (Å²) in [4.78, 5) is 36.0. The molecule has 1 aliphatic heterocycles. The first-order chi connectivity index (χ1) is 16.0. The summed E-state index contributed by atoms with van der Waals surface area (Å²) in [6.45, 7) is 5.31. The quantitative estimate of drug-likeness (QED) is 0.602. The maximum atomic E-state index is 12.7. The molecule has 2 amide bonds. The number of carbonyl (C=O) groups excluding carboxylic acids is 2. The Morgan fingerprint density at radius 3 is 2.82 bits per heavy atom. The number of hydrogen-bond acceptors (Lipinski definition) is 5. The Bertz CT molecular complexity index is 1180. The van der Waals surface area contributed by atoms with E-state index in [-0.39, 0.29) is 23.8 Å². The van der Waals surface area contributed by atoms with Crippen molar-refractivity contribution in [3.05, 3.63) is 58.8 Å². The zero-order chi connectivity index (χ0) is 22.9. The number of nitrogens with one attached hydrogen (secondary N) is 1. The van der Waals surface area contributed by atoms with E-state index in [0.29, 0.717) is 19.4 Å². The second-order valence-corrected chi connectivity index (χ2v) is 9.20. The summed E-state index contributed by atoms with van der Waals surface area (Å²) in [7, 11) is 0. The van der Waals surface area contributed by atoms with Gasteiger partial charge >= 0.3 is 0 Å². The molecule has 1 N–H and O–H groups in total. The molecule has 0 bridgehead atoms. The summed E-state index contributed by atoms with van der Waals surface area (Å²) in [5.74, 6) is 0.508. The van der Waals surface area contributed by atoms with E-state index in [4.69, 9.17) is 10.1 Å². The number of aryl methyl sites for hydroxylation is 2. The highest BCUT2D eigenvalue weighted by Crippen LogP contribution is 2.38. The maximum Gasteiger partial charge on any atom is 0.226 e. The molecule has 2 fully saturated rings. The summed E-state index contributed by atoms with van der Waals surface area (Å²) in [6, 6.07) is 5.87. The highest BCUT2D eigenvalue weighted by Gasteiger charge is 2.39. The van der Waals surface area contributed by atoms with E-state index in [1.165, 1.54) is 0 Å². The number of nitrogens with zero attached hydrogens (tertiary/aromatic N) is 5. The van der Waals surface area contributed by atoms with Crippen LogP contribution in [-0.2, 0) is 22.6 Å². The maximum absolute atomic E-state index is 12.7. The minimum atomic E-state index is -0.000842. The minimum absolute atomic E-state index is 0.000842. The molecule has 3 aromatic heterocycles. The van der Waals surface area contributed by atoms with E-state index >= 15 is 0 Å². The Balaban J connectivity index is 1.30. The molecule has 33 heavy (non-hydrogen) atoms. The van der Waals surface area contributed by atoms with Crippen molar-refractivity contribution in [1.29, 1.82) is 0 Å². The monoisotopic (exact) mass is 446 g/mol. The van der Waals surface area contributed by atoms with Crippen molar-refractivity contribution >= 4 is 17.5 Å². The molecule has 8 nitrogen and oxygen atoms in total. The van der Waals surface area contributed by atoms with Gasteiger partial charge in [0.1, 0.15) is 0 Å². The molecule has 0 spiro atoms. The first-order valence-corrected chi connectivity index (χ1v) is 11.8. The molecule has 0 aromatic carbocycles. The van der Waals surface area contributed by atoms with E-state index < -0.39 is 0 Å². The molecule has 1 saturated carbocycles. The standard InChI is InChI=1S/C25H30N6O2/c1-16-20(9-10-24(32)27-15-18-5-3-11-26-14-18)17(2)31-23(28-16)13-21(29-31)22-6-4-12-30(22)25(33)19-7-8-19/h3,5,11,13-14,19,22H,4,6-10,12,15H2,1-2H3,(H,27,32)/t22-/m0/s1. The molecular weight excluding hydrogens is 416 g/mol. The molecule has 5 rings (SSSR count). The summed E-state index contributed by atoms with van der Waals surface area (Å²) >= 11 is 0. The summed E-state index contributed by atoms with van der Waals surface area (Å²) in [5.41, 5.74) is 5.67. The van der Waals surface area contributed by atoms with Gasteiger partial charge in [0.2, 0.25) is 11.8 Å². The fourth-order valence-electron chi connectivity index (χ4n) is 4.80. The molecule has 1 aliphatic carbocycles. The Hall–Kier alpha value is -3.29. The van der Waals surface area contributed by atoms with Gasteiger partial charge in [-0.1, -0.05) is 6.07 Å². The van der Waals surface area contributed by atoms with Crippen molar-refractivity contribution in [3.8, 4) is 0 Å². The van der Waals surface area contributed by atoms with Crippen LogP contribution in [0.5, 0.6) is 0 Å². The molecule has 172 valence electrons. The number of aromatic nitrogens is 4. The third-order valence-corrected chi connectivity index (χ3v) is 6.80. The third kappa shape index (κ3) is 4.47. The van der Waals surface area contributed by atoms with Crippen molar-refractivity contribution in [2.24, 2.45) is 5.92 Å². The molecule has 4 heterocycles. The Kier molecular flexibility index (Phi) is 5.83. The van der Waals surface area contributed by atoms with Crippen molar-refractivity contribution in [3.63, 3.8) is 0 Å². The minimum Gasteiger partial charge on any atom is -0.352 e. The lowest BCUT2D eigenvalue weighted by Gasteiger charge is -2.23. The topological polar surface area (TPSA) is 92.5 Å². The van der Waals surface area contributed by atoms with Crippen LogP contribution in [0.15, 0.2) is 30.6 Å². The summed E-state index contributed by atoms with van der Waals surface area (Å²) in [5, 5.41) is 7.82. The van der Waals surface area contributed by atoms with Gasteiger partial charge in [-0.3, -0.25) is 14.6 Å². The molecule has 3 aromatic rings. The van der Waals surface area contributed by atoms with Gasteiger partial charge < -0.3 is 10.2 Å². The average molecular weight is 447 g/mol. The van der Waals surface area contributed by atoms with Crippen molar-refractivity contribution < 1.29 is 9.59 Å². The first kappa shape index (κ1) is 21.6. The lowest BCUT2D eigenvalue weighted by Crippen LogP contribution is -2.31. The van der Waals surface area contributed by atoms with Crippen LogP contribution in [0.1, 0.15) is 66.4 Å². The van der Waals surface area contributed by atoms with Crippen molar-refractivity contribution in [2.45, 2.75) is 65.0 Å². The van der Waals surface area contributed by atoms with Gasteiger partial charge in [-0.2, -0.15) is 5.10 Å². The Labute approximate surface area is 193 Å². The normalized spacial score (nSPS) is 18.1. The number of amides is 2. The number of carbonyl (C=O) groups is 2. The average Bonchev–Trinajstić information content (AvgIpc) is 3.40. The van der Waals surface area contributed by atoms with Crippen LogP contribution in [-0.4, -0.2) is 42.8 Å². The number of rotatable bonds is 7. The van der Waals surface area contributed by atoms with Gasteiger partial charge in [-0.25, -0.2) is 9.50 Å². The number of hydrogen-bond donors (Lipinski definition) is 1. The second kappa shape index (κ2) is 8.92. The molecular formula is C25H30N6O2. The highest BCUT2D eigenvalue weighted by molar-refractivity contribution is 5.81. The largest absolute Gasteiger partial charge is 0.352 e. The zero-order valence-corrected chi connectivity index (χ0v) is 19.3. The second-order valence-electron chi connectivity index (χ2n) is 9.20. The molecule has 0 unspecified atom stereocenters. The lowest BCUT2D eigenvalue weighted by molar-refractivity contribution is -0.133. The predicted molar refractivity (Wildman–Crippen MR) is 123 cm³/mol. The number of fused-ring (bicyclic) bond motifs is 1. The highest BCUT2D eigenvalue weighted by atomic mass is 16.2. The van der Waals surface area contributed by atoms with Gasteiger partial charge in [-0.15, -0.1) is 0 Å². The first-order valence-electron chi connectivity index (χ1n) is 11.8. The number of likely N-dealkylation sites (tertiary alicyclic amines) is 1. The Morgan fingerprint density at radius 1 is 1.21 bits per heavy atom. The molecule has 1 saturated heterocycles. The fraction of sp³-hybridized carbons (Fsp3) is 0.480. The van der Waals surface area contributed by atoms with Crippen LogP contribution in [0.4, 0.5) is 0 Å². The summed E-state index contributed by atoms with van der Waals surface area (Å²) in [6.07, 6.45) is 8.46. The van der Waals surface area contributed by atoms with E-state index in [9.17, 15) is 9.59 Å². The van der Waals surface area contributed by atoms with Gasteiger partial charge in [0, 0.05) is 55.3 Å². The van der Waals surface area contributed by atoms with Gasteiger partial charge in [0.25, 0.3) is 0 Å². The smallest absolute Gasteiger partial charge is 0.226 e. The molecule has 8 heteroatoms. The molecule has 0 radical (unpaired) electrons. The predicted octanol–water partition coefficient (Wildman–Crippen LogP) is 3.06. The zero-order valence-electron chi connectivity index (χ0n) is 19.3. The molecule has 1 atom stereocenters. The lowest BCUT2D eigenvalue weighted by atomic mass is 10.1. The van der Waals surface area contributed by atoms with Gasteiger partial charge in [-0.05, 0) is 63.1 Å². The van der Waals surface area contributed by atoms with E-state index in [2.05, 4.69) is 10.3 Å². The third-order valence-electron chi connectivity index (χ3n) is 6.80. The van der Waals surface area contributed by atoms with E-state index in [1.807, 2.05) is 41.5 Å². The Morgan fingerprint density at radius 2 is 2.06 bits per heavy atom. The van der Waals surface area contributed by atoms with Crippen molar-refractivity contribution in [1.82, 2.24) is 29.8 Å². The van der Waals surface area contributed by atoms with Crippen molar-refractivity contribution in [2.75, 3.05) is 6.54 Å². The summed E-state index contributed by atoms with van der Waals surface area (Å²) < 4.78 is 1.88. The van der Waals surface area contributed by atoms with E-state index in [1.54, 1.807) is 12.4 Å². The van der Waals surface area contributed by atoms with Crippen LogP contribution in [0.25, 0.3) is 5.65 Å².